The molecule has 1 aliphatic carbocycles. The molecule has 1 atom stereocenters. The van der Waals surface area contributed by atoms with Crippen molar-refractivity contribution in [3.63, 3.8) is 0 Å². The number of hydrogen-bond acceptors (Lipinski definition) is 2. The van der Waals surface area contributed by atoms with Crippen LogP contribution in [-0.2, 0) is 0 Å². The lowest BCUT2D eigenvalue weighted by Gasteiger charge is -2.02. The van der Waals surface area contributed by atoms with Crippen LogP contribution in [0.15, 0.2) is 22.7 Å². The van der Waals surface area contributed by atoms with Crippen molar-refractivity contribution in [3.8, 4) is 0 Å². The quantitative estimate of drug-likeness (QED) is 0.735. The summed E-state index contributed by atoms with van der Waals surface area (Å²) in [5.74, 6) is 0.157. The van der Waals surface area contributed by atoms with Crippen molar-refractivity contribution in [1.29, 1.82) is 0 Å². The summed E-state index contributed by atoms with van der Waals surface area (Å²) in [6, 6.07) is 5.51. The molecular weight excluding hydrogens is 218 g/mol. The summed E-state index contributed by atoms with van der Waals surface area (Å²) in [5.41, 5.74) is 7.51. The van der Waals surface area contributed by atoms with Gasteiger partial charge in [0.2, 0.25) is 0 Å². The summed E-state index contributed by atoms with van der Waals surface area (Å²) in [7, 11) is 0. The van der Waals surface area contributed by atoms with Gasteiger partial charge in [-0.15, -0.1) is 0 Å². The van der Waals surface area contributed by atoms with E-state index >= 15 is 0 Å². The topological polar surface area (TPSA) is 43.1 Å². The van der Waals surface area contributed by atoms with Crippen LogP contribution in [0, 0.1) is 0 Å². The van der Waals surface area contributed by atoms with E-state index in [1.807, 2.05) is 18.2 Å². The molecule has 0 heterocycles. The molecule has 0 fully saturated rings. The molecule has 2 N–H and O–H groups in total. The fraction of sp³-hybridized carbons (Fsp3) is 0.222. The molecule has 0 radical (unpaired) electrons. The van der Waals surface area contributed by atoms with E-state index in [1.165, 1.54) is 0 Å². The maximum atomic E-state index is 11.3. The summed E-state index contributed by atoms with van der Waals surface area (Å²) in [6.45, 7) is 0. The predicted octanol–water partition coefficient (Wildman–Crippen LogP) is 2.04. The molecule has 3 heteroatoms. The molecule has 0 spiro atoms. The molecule has 0 saturated carbocycles. The van der Waals surface area contributed by atoms with E-state index in [0.717, 1.165) is 15.6 Å². The standard InChI is InChI=1S/C9H8BrNO/c10-5-1-2-6-7(3-5)8(11)4-9(6)12/h1-3,8H,4,11H2. The maximum Gasteiger partial charge on any atom is 0.165 e. The molecule has 1 unspecified atom stereocenters. The Balaban J connectivity index is 2.60. The first-order valence-electron chi connectivity index (χ1n) is 3.76. The van der Waals surface area contributed by atoms with Crippen LogP contribution in [0.3, 0.4) is 0 Å². The zero-order chi connectivity index (χ0) is 8.72. The Kier molecular flexibility index (Phi) is 1.77. The fourth-order valence-electron chi connectivity index (χ4n) is 1.51. The van der Waals surface area contributed by atoms with Crippen molar-refractivity contribution in [3.05, 3.63) is 33.8 Å². The third-order valence-electron chi connectivity index (χ3n) is 2.12. The van der Waals surface area contributed by atoms with Gasteiger partial charge in [0.05, 0.1) is 0 Å². The Bertz CT molecular complexity index is 348. The maximum absolute atomic E-state index is 11.3. The van der Waals surface area contributed by atoms with Crippen LogP contribution in [0.4, 0.5) is 0 Å². The van der Waals surface area contributed by atoms with Crippen LogP contribution in [0.1, 0.15) is 28.4 Å². The zero-order valence-corrected chi connectivity index (χ0v) is 7.97. The minimum atomic E-state index is -0.106. The van der Waals surface area contributed by atoms with Gasteiger partial charge < -0.3 is 5.73 Å². The molecular formula is C9H8BrNO. The highest BCUT2D eigenvalue weighted by Gasteiger charge is 2.26. The second-order valence-electron chi connectivity index (χ2n) is 2.97. The second-order valence-corrected chi connectivity index (χ2v) is 3.88. The number of nitrogens with two attached hydrogens (primary N) is 1. The molecule has 2 nitrogen and oxygen atoms in total. The number of Topliss-reactive ketones (excluding diaryl/α,β-unsaturated/α-hetero) is 1. The highest BCUT2D eigenvalue weighted by atomic mass is 79.9. The molecule has 62 valence electrons. The summed E-state index contributed by atoms with van der Waals surface area (Å²) < 4.78 is 0.978. The number of hydrogen-bond donors (Lipinski definition) is 1. The Morgan fingerprint density at radius 1 is 1.50 bits per heavy atom. The average molecular weight is 226 g/mol. The molecule has 0 bridgehead atoms. The number of fused-ring (bicyclic) bond motifs is 1. The number of ketones is 1. The monoisotopic (exact) mass is 225 g/mol. The predicted molar refractivity (Wildman–Crippen MR) is 50.0 cm³/mol. The Morgan fingerprint density at radius 2 is 2.25 bits per heavy atom. The van der Waals surface area contributed by atoms with Gasteiger partial charge in [-0.05, 0) is 23.8 Å². The van der Waals surface area contributed by atoms with Crippen molar-refractivity contribution in [1.82, 2.24) is 0 Å². The van der Waals surface area contributed by atoms with Crippen LogP contribution in [0.5, 0.6) is 0 Å². The van der Waals surface area contributed by atoms with Gasteiger partial charge in [-0.2, -0.15) is 0 Å². The molecule has 1 aliphatic rings. The van der Waals surface area contributed by atoms with E-state index in [4.69, 9.17) is 5.73 Å². The van der Waals surface area contributed by atoms with E-state index in [-0.39, 0.29) is 11.8 Å². The minimum absolute atomic E-state index is 0.106. The van der Waals surface area contributed by atoms with E-state index in [2.05, 4.69) is 15.9 Å². The lowest BCUT2D eigenvalue weighted by atomic mass is 10.1. The summed E-state index contributed by atoms with van der Waals surface area (Å²) in [4.78, 5) is 11.3. The minimum Gasteiger partial charge on any atom is -0.324 e. The Labute approximate surface area is 78.9 Å². The van der Waals surface area contributed by atoms with Crippen molar-refractivity contribution in [2.24, 2.45) is 5.73 Å². The van der Waals surface area contributed by atoms with Crippen LogP contribution in [-0.4, -0.2) is 5.78 Å². The zero-order valence-electron chi connectivity index (χ0n) is 6.38. The number of carbonyl (C=O) groups excluding carboxylic acids is 1. The van der Waals surface area contributed by atoms with E-state index in [9.17, 15) is 4.79 Å². The molecule has 0 aromatic heterocycles. The van der Waals surface area contributed by atoms with Gasteiger partial charge in [0, 0.05) is 22.5 Å². The molecule has 0 amide bonds. The average Bonchev–Trinajstić information content (AvgIpc) is 2.28. The number of benzene rings is 1. The second kappa shape index (κ2) is 2.68. The van der Waals surface area contributed by atoms with Crippen LogP contribution >= 0.6 is 15.9 Å². The van der Waals surface area contributed by atoms with Gasteiger partial charge in [-0.25, -0.2) is 0 Å². The van der Waals surface area contributed by atoms with E-state index < -0.39 is 0 Å². The lowest BCUT2D eigenvalue weighted by molar-refractivity contribution is 0.0989. The highest BCUT2D eigenvalue weighted by molar-refractivity contribution is 9.10. The van der Waals surface area contributed by atoms with Gasteiger partial charge in [0.25, 0.3) is 0 Å². The third-order valence-corrected chi connectivity index (χ3v) is 2.61. The van der Waals surface area contributed by atoms with Gasteiger partial charge in [0.1, 0.15) is 0 Å². The van der Waals surface area contributed by atoms with Crippen molar-refractivity contribution in [2.75, 3.05) is 0 Å². The highest BCUT2D eigenvalue weighted by Crippen LogP contribution is 2.31. The van der Waals surface area contributed by atoms with Crippen LogP contribution < -0.4 is 5.73 Å². The van der Waals surface area contributed by atoms with Crippen LogP contribution in [0.2, 0.25) is 0 Å². The molecule has 0 saturated heterocycles. The van der Waals surface area contributed by atoms with Crippen molar-refractivity contribution < 1.29 is 4.79 Å². The third kappa shape index (κ3) is 1.09. The first-order chi connectivity index (χ1) is 5.68. The Hall–Kier alpha value is -0.670. The molecule has 12 heavy (non-hydrogen) atoms. The number of rotatable bonds is 0. The lowest BCUT2D eigenvalue weighted by Crippen LogP contribution is -2.05. The number of halogens is 1. The molecule has 0 aliphatic heterocycles. The summed E-state index contributed by atoms with van der Waals surface area (Å²) >= 11 is 3.35. The SMILES string of the molecule is NC1CC(=O)c2ccc(Br)cc21. The summed E-state index contributed by atoms with van der Waals surface area (Å²) in [6.07, 6.45) is 0.450. The first-order valence-corrected chi connectivity index (χ1v) is 4.56. The molecule has 1 aromatic rings. The van der Waals surface area contributed by atoms with Gasteiger partial charge in [0.15, 0.2) is 5.78 Å². The first kappa shape index (κ1) is 7.95. The Morgan fingerprint density at radius 3 is 3.00 bits per heavy atom. The van der Waals surface area contributed by atoms with Crippen molar-refractivity contribution >= 4 is 21.7 Å². The van der Waals surface area contributed by atoms with Gasteiger partial charge >= 0.3 is 0 Å². The molecule has 2 rings (SSSR count). The van der Waals surface area contributed by atoms with E-state index in [1.54, 1.807) is 0 Å². The normalized spacial score (nSPS) is 21.2. The smallest absolute Gasteiger partial charge is 0.165 e. The molecule has 1 aromatic carbocycles. The summed E-state index contributed by atoms with van der Waals surface area (Å²) in [5, 5.41) is 0. The fourth-order valence-corrected chi connectivity index (χ4v) is 1.89. The van der Waals surface area contributed by atoms with Crippen molar-refractivity contribution in [2.45, 2.75) is 12.5 Å². The number of carbonyl (C=O) groups is 1. The largest absolute Gasteiger partial charge is 0.324 e. The van der Waals surface area contributed by atoms with Gasteiger partial charge in [-0.3, -0.25) is 4.79 Å². The van der Waals surface area contributed by atoms with Crippen LogP contribution in [0.25, 0.3) is 0 Å². The van der Waals surface area contributed by atoms with E-state index in [0.29, 0.717) is 6.42 Å². The van der Waals surface area contributed by atoms with Gasteiger partial charge in [-0.1, -0.05) is 15.9 Å².